The molecule has 5 nitrogen and oxygen atoms in total. The second-order valence-electron chi connectivity index (χ2n) is 3.15. The molecule has 2 amide bonds. The Morgan fingerprint density at radius 3 is 3.06 bits per heavy atom. The first-order valence-electron chi connectivity index (χ1n) is 4.71. The molecule has 0 saturated heterocycles. The van der Waals surface area contributed by atoms with Crippen molar-refractivity contribution in [1.29, 1.82) is 0 Å². The Hall–Kier alpha value is -1.69. The molecule has 16 heavy (non-hydrogen) atoms. The molecule has 2 aromatic rings. The molecule has 0 unspecified atom stereocenters. The molecule has 0 atom stereocenters. The van der Waals surface area contributed by atoms with Crippen LogP contribution in [0.2, 0.25) is 0 Å². The molecule has 0 aliphatic rings. The molecule has 0 aliphatic carbocycles. The van der Waals surface area contributed by atoms with Gasteiger partial charge < -0.3 is 9.73 Å². The van der Waals surface area contributed by atoms with Crippen molar-refractivity contribution in [3.05, 3.63) is 24.1 Å². The number of benzene rings is 1. The van der Waals surface area contributed by atoms with Crippen LogP contribution in [0.15, 0.2) is 27.5 Å². The van der Waals surface area contributed by atoms with Gasteiger partial charge in [-0.05, 0) is 30.1 Å². The molecule has 84 valence electrons. The van der Waals surface area contributed by atoms with Gasteiger partial charge in [-0.2, -0.15) is 0 Å². The minimum absolute atomic E-state index is 0.237. The van der Waals surface area contributed by atoms with Gasteiger partial charge in [0.05, 0.1) is 0 Å². The number of hydrogen-bond acceptors (Lipinski definition) is 4. The smallest absolute Gasteiger partial charge is 0.324 e. The van der Waals surface area contributed by atoms with Crippen LogP contribution >= 0.6 is 11.9 Å². The zero-order chi connectivity index (χ0) is 11.5. The van der Waals surface area contributed by atoms with Crippen LogP contribution in [-0.4, -0.2) is 18.1 Å². The fourth-order valence-electron chi connectivity index (χ4n) is 1.24. The summed E-state index contributed by atoms with van der Waals surface area (Å²) in [7, 11) is 1.57. The molecule has 2 N–H and O–H groups in total. The van der Waals surface area contributed by atoms with Crippen LogP contribution < -0.4 is 10.0 Å². The molecule has 1 heterocycles. The summed E-state index contributed by atoms with van der Waals surface area (Å²) in [6, 6.07) is 5.35. The van der Waals surface area contributed by atoms with Crippen LogP contribution in [0.4, 0.5) is 4.79 Å². The summed E-state index contributed by atoms with van der Waals surface area (Å²) in [5, 5.41) is 2.47. The Morgan fingerprint density at radius 2 is 2.31 bits per heavy atom. The normalized spacial score (nSPS) is 10.4. The molecule has 0 fully saturated rings. The number of amides is 2. The monoisotopic (exact) mass is 237 g/mol. The van der Waals surface area contributed by atoms with Crippen molar-refractivity contribution < 1.29 is 9.21 Å². The molecule has 0 radical (unpaired) electrons. The van der Waals surface area contributed by atoms with Crippen LogP contribution in [0.25, 0.3) is 11.1 Å². The zero-order valence-corrected chi connectivity index (χ0v) is 9.72. The maximum atomic E-state index is 11.0. The molecule has 0 aliphatic heterocycles. The van der Waals surface area contributed by atoms with Gasteiger partial charge in [-0.15, -0.1) is 0 Å². The van der Waals surface area contributed by atoms with Crippen LogP contribution in [0, 0.1) is 6.92 Å². The minimum Gasteiger partial charge on any atom is -0.441 e. The third kappa shape index (κ3) is 2.27. The highest BCUT2D eigenvalue weighted by atomic mass is 32.2. The first-order chi connectivity index (χ1) is 7.69. The van der Waals surface area contributed by atoms with E-state index in [0.717, 1.165) is 16.0 Å². The Labute approximate surface area is 96.7 Å². The lowest BCUT2D eigenvalue weighted by atomic mass is 10.3. The SMILES string of the molecule is CNC(=O)NSc1ccc2nc(C)oc2c1. The highest BCUT2D eigenvalue weighted by Crippen LogP contribution is 2.22. The van der Waals surface area contributed by atoms with Crippen molar-refractivity contribution in [1.82, 2.24) is 15.0 Å². The average Bonchev–Trinajstić information content (AvgIpc) is 2.65. The maximum Gasteiger partial charge on any atom is 0.324 e. The fraction of sp³-hybridized carbons (Fsp3) is 0.200. The molecular formula is C10H11N3O2S. The summed E-state index contributed by atoms with van der Waals surface area (Å²) in [6.07, 6.45) is 0. The van der Waals surface area contributed by atoms with Crippen molar-refractivity contribution in [2.24, 2.45) is 0 Å². The van der Waals surface area contributed by atoms with Crippen molar-refractivity contribution in [2.45, 2.75) is 11.8 Å². The predicted molar refractivity (Wildman–Crippen MR) is 62.2 cm³/mol. The number of oxazole rings is 1. The van der Waals surface area contributed by atoms with Crippen molar-refractivity contribution in [2.75, 3.05) is 7.05 Å². The van der Waals surface area contributed by atoms with E-state index >= 15 is 0 Å². The lowest BCUT2D eigenvalue weighted by molar-refractivity contribution is 0.248. The number of hydrogen-bond donors (Lipinski definition) is 2. The largest absolute Gasteiger partial charge is 0.441 e. The summed E-state index contributed by atoms with van der Waals surface area (Å²) in [4.78, 5) is 16.1. The summed E-state index contributed by atoms with van der Waals surface area (Å²) in [5.41, 5.74) is 1.54. The standard InChI is InChI=1S/C10H11N3O2S/c1-6-12-8-4-3-7(5-9(8)15-6)16-13-10(14)11-2/h3-5H,1-2H3,(H2,11,13,14). The van der Waals surface area contributed by atoms with Crippen molar-refractivity contribution in [3.8, 4) is 0 Å². The van der Waals surface area contributed by atoms with E-state index in [0.29, 0.717) is 5.89 Å². The van der Waals surface area contributed by atoms with Gasteiger partial charge in [0.15, 0.2) is 11.5 Å². The van der Waals surface area contributed by atoms with Gasteiger partial charge in [-0.3, -0.25) is 4.72 Å². The second-order valence-corrected chi connectivity index (χ2v) is 4.03. The summed E-state index contributed by atoms with van der Waals surface area (Å²) in [6.45, 7) is 1.80. The third-order valence-corrected chi connectivity index (χ3v) is 2.73. The van der Waals surface area contributed by atoms with Gasteiger partial charge in [-0.1, -0.05) is 0 Å². The van der Waals surface area contributed by atoms with E-state index in [9.17, 15) is 4.79 Å². The van der Waals surface area contributed by atoms with Crippen LogP contribution in [0.5, 0.6) is 0 Å². The van der Waals surface area contributed by atoms with Gasteiger partial charge in [0.2, 0.25) is 0 Å². The number of carbonyl (C=O) groups excluding carboxylic acids is 1. The first-order valence-corrected chi connectivity index (χ1v) is 5.52. The summed E-state index contributed by atoms with van der Waals surface area (Å²) in [5.74, 6) is 0.636. The zero-order valence-electron chi connectivity index (χ0n) is 8.90. The fourth-order valence-corrected chi connectivity index (χ4v) is 1.85. The number of urea groups is 1. The van der Waals surface area contributed by atoms with Gasteiger partial charge in [0, 0.05) is 18.9 Å². The molecular weight excluding hydrogens is 226 g/mol. The van der Waals surface area contributed by atoms with E-state index in [1.165, 1.54) is 11.9 Å². The van der Waals surface area contributed by atoms with Crippen LogP contribution in [0.3, 0.4) is 0 Å². The lowest BCUT2D eigenvalue weighted by Gasteiger charge is -2.02. The van der Waals surface area contributed by atoms with Gasteiger partial charge in [0.1, 0.15) is 5.52 Å². The van der Waals surface area contributed by atoms with E-state index in [1.807, 2.05) is 18.2 Å². The Morgan fingerprint density at radius 1 is 1.50 bits per heavy atom. The van der Waals surface area contributed by atoms with E-state index in [-0.39, 0.29) is 6.03 Å². The molecule has 1 aromatic carbocycles. The highest BCUT2D eigenvalue weighted by Gasteiger charge is 2.04. The number of carbonyl (C=O) groups is 1. The van der Waals surface area contributed by atoms with Gasteiger partial charge in [-0.25, -0.2) is 9.78 Å². The quantitative estimate of drug-likeness (QED) is 0.785. The summed E-state index contributed by atoms with van der Waals surface area (Å²) < 4.78 is 8.01. The number of aromatic nitrogens is 1. The topological polar surface area (TPSA) is 67.2 Å². The van der Waals surface area contributed by atoms with E-state index < -0.39 is 0 Å². The number of nitrogens with zero attached hydrogens (tertiary/aromatic N) is 1. The maximum absolute atomic E-state index is 11.0. The molecule has 6 heteroatoms. The second kappa shape index (κ2) is 4.44. The van der Waals surface area contributed by atoms with E-state index in [4.69, 9.17) is 4.42 Å². The number of rotatable bonds is 2. The van der Waals surface area contributed by atoms with Gasteiger partial charge >= 0.3 is 6.03 Å². The first kappa shape index (κ1) is 10.8. The highest BCUT2D eigenvalue weighted by molar-refractivity contribution is 7.98. The predicted octanol–water partition coefficient (Wildman–Crippen LogP) is 2.07. The Bertz CT molecular complexity index is 524. The number of aryl methyl sites for hydroxylation is 1. The minimum atomic E-state index is -0.237. The van der Waals surface area contributed by atoms with E-state index in [2.05, 4.69) is 15.0 Å². The Kier molecular flexibility index (Phi) is 3.00. The molecule has 2 rings (SSSR count). The molecule has 0 bridgehead atoms. The van der Waals surface area contributed by atoms with Crippen molar-refractivity contribution in [3.63, 3.8) is 0 Å². The molecule has 1 aromatic heterocycles. The number of fused-ring (bicyclic) bond motifs is 1. The molecule has 0 saturated carbocycles. The molecule has 0 spiro atoms. The van der Waals surface area contributed by atoms with E-state index in [1.54, 1.807) is 14.0 Å². The van der Waals surface area contributed by atoms with Gasteiger partial charge in [0.25, 0.3) is 0 Å². The third-order valence-electron chi connectivity index (χ3n) is 1.96. The van der Waals surface area contributed by atoms with Crippen LogP contribution in [0.1, 0.15) is 5.89 Å². The average molecular weight is 237 g/mol. The summed E-state index contributed by atoms with van der Waals surface area (Å²) >= 11 is 1.23. The number of nitrogens with one attached hydrogen (secondary N) is 2. The van der Waals surface area contributed by atoms with Crippen LogP contribution in [-0.2, 0) is 0 Å². The Balaban J connectivity index is 2.16. The lowest BCUT2D eigenvalue weighted by Crippen LogP contribution is -2.27. The van der Waals surface area contributed by atoms with Crippen molar-refractivity contribution >= 4 is 29.1 Å².